The van der Waals surface area contributed by atoms with Gasteiger partial charge in [-0.25, -0.2) is 13.8 Å². The molecule has 0 saturated carbocycles. The molecule has 0 atom stereocenters. The highest BCUT2D eigenvalue weighted by atomic mass is 35.5. The molecule has 14 heavy (non-hydrogen) atoms. The van der Waals surface area contributed by atoms with E-state index < -0.39 is 17.9 Å². The molecule has 6 heteroatoms. The lowest BCUT2D eigenvalue weighted by Crippen LogP contribution is -1.97. The van der Waals surface area contributed by atoms with Gasteiger partial charge in [0.1, 0.15) is 11.4 Å². The normalized spacial score (nSPS) is 10.2. The second-order valence-electron chi connectivity index (χ2n) is 2.46. The van der Waals surface area contributed by atoms with E-state index in [-0.39, 0.29) is 17.1 Å². The second kappa shape index (κ2) is 4.20. The Morgan fingerprint density at radius 1 is 1.64 bits per heavy atom. The first kappa shape index (κ1) is 10.7. The van der Waals surface area contributed by atoms with Crippen LogP contribution in [0.3, 0.4) is 0 Å². The molecule has 74 valence electrons. The average molecular weight is 219 g/mol. The van der Waals surface area contributed by atoms with Crippen LogP contribution in [0.1, 0.15) is 17.8 Å². The Hall–Kier alpha value is -1.41. The molecule has 1 rings (SSSR count). The fourth-order valence-electron chi connectivity index (χ4n) is 0.893. The van der Waals surface area contributed by atoms with Crippen LogP contribution in [0.2, 0.25) is 5.02 Å². The van der Waals surface area contributed by atoms with E-state index in [2.05, 4.69) is 4.98 Å². The van der Waals surface area contributed by atoms with Gasteiger partial charge in [-0.2, -0.15) is 5.26 Å². The van der Waals surface area contributed by atoms with Crippen molar-refractivity contribution in [3.8, 4) is 11.8 Å². The number of pyridine rings is 1. The minimum atomic E-state index is -2.88. The second-order valence-corrected chi connectivity index (χ2v) is 2.86. The minimum absolute atomic E-state index is 0.00782. The van der Waals surface area contributed by atoms with Gasteiger partial charge < -0.3 is 5.11 Å². The zero-order valence-corrected chi connectivity index (χ0v) is 7.59. The number of rotatable bonds is 2. The highest BCUT2D eigenvalue weighted by molar-refractivity contribution is 6.31. The third-order valence-corrected chi connectivity index (χ3v) is 1.84. The lowest BCUT2D eigenvalue weighted by Gasteiger charge is -2.05. The first-order valence-electron chi connectivity index (χ1n) is 3.59. The summed E-state index contributed by atoms with van der Waals surface area (Å²) in [5.41, 5.74) is -0.707. The molecule has 0 aromatic carbocycles. The van der Waals surface area contributed by atoms with E-state index >= 15 is 0 Å². The van der Waals surface area contributed by atoms with Crippen molar-refractivity contribution in [1.82, 2.24) is 4.98 Å². The van der Waals surface area contributed by atoms with E-state index in [1.54, 1.807) is 6.07 Å². The predicted molar refractivity (Wildman–Crippen MR) is 45.2 cm³/mol. The van der Waals surface area contributed by atoms with Crippen LogP contribution in [0.25, 0.3) is 0 Å². The SMILES string of the molecule is N#CCc1nc(C(F)F)c(O)cc1Cl. The summed E-state index contributed by atoms with van der Waals surface area (Å²) < 4.78 is 24.5. The molecular weight excluding hydrogens is 214 g/mol. The molecule has 1 aromatic heterocycles. The van der Waals surface area contributed by atoms with E-state index in [0.717, 1.165) is 6.07 Å². The van der Waals surface area contributed by atoms with Crippen molar-refractivity contribution in [1.29, 1.82) is 5.26 Å². The van der Waals surface area contributed by atoms with Crippen LogP contribution in [-0.4, -0.2) is 10.1 Å². The monoisotopic (exact) mass is 218 g/mol. The van der Waals surface area contributed by atoms with Gasteiger partial charge >= 0.3 is 0 Å². The molecular formula is C8H5ClF2N2O. The van der Waals surface area contributed by atoms with E-state index in [0.29, 0.717) is 0 Å². The smallest absolute Gasteiger partial charge is 0.284 e. The maximum atomic E-state index is 12.2. The number of nitriles is 1. The van der Waals surface area contributed by atoms with Gasteiger partial charge in [-0.3, -0.25) is 0 Å². The number of nitrogens with zero attached hydrogens (tertiary/aromatic N) is 2. The van der Waals surface area contributed by atoms with Crippen LogP contribution >= 0.6 is 11.6 Å². The van der Waals surface area contributed by atoms with Crippen molar-refractivity contribution in [2.75, 3.05) is 0 Å². The fourth-order valence-corrected chi connectivity index (χ4v) is 1.11. The standard InChI is InChI=1S/C8H5ClF2N2O/c9-4-3-6(14)7(8(10)11)13-5(4)1-2-12/h3,8,14H,1H2. The highest BCUT2D eigenvalue weighted by Gasteiger charge is 2.17. The topological polar surface area (TPSA) is 56.9 Å². The van der Waals surface area contributed by atoms with Gasteiger partial charge in [-0.05, 0) is 0 Å². The Kier molecular flexibility index (Phi) is 3.20. The number of hydrogen-bond acceptors (Lipinski definition) is 3. The molecule has 0 unspecified atom stereocenters. The minimum Gasteiger partial charge on any atom is -0.506 e. The van der Waals surface area contributed by atoms with E-state index in [9.17, 15) is 8.78 Å². The zero-order valence-electron chi connectivity index (χ0n) is 6.84. The number of hydrogen-bond donors (Lipinski definition) is 1. The number of aromatic nitrogens is 1. The molecule has 0 radical (unpaired) electrons. The summed E-state index contributed by atoms with van der Waals surface area (Å²) in [6.07, 6.45) is -3.05. The third-order valence-electron chi connectivity index (χ3n) is 1.51. The lowest BCUT2D eigenvalue weighted by atomic mass is 10.2. The largest absolute Gasteiger partial charge is 0.506 e. The van der Waals surface area contributed by atoms with E-state index in [1.165, 1.54) is 0 Å². The molecule has 3 nitrogen and oxygen atoms in total. The molecule has 1 aromatic rings. The molecule has 0 spiro atoms. The van der Waals surface area contributed by atoms with Crippen LogP contribution in [0.5, 0.6) is 5.75 Å². The molecule has 0 aliphatic carbocycles. The molecule has 0 aliphatic heterocycles. The maximum Gasteiger partial charge on any atom is 0.284 e. The van der Waals surface area contributed by atoms with Crippen LogP contribution in [-0.2, 0) is 6.42 Å². The Morgan fingerprint density at radius 3 is 2.79 bits per heavy atom. The summed E-state index contributed by atoms with van der Waals surface area (Å²) in [5.74, 6) is -0.660. The first-order chi connectivity index (χ1) is 6.56. The van der Waals surface area contributed by atoms with Gasteiger partial charge in [-0.1, -0.05) is 11.6 Å². The number of halogens is 3. The Labute approximate surface area is 83.6 Å². The molecule has 1 N–H and O–H groups in total. The van der Waals surface area contributed by atoms with Crippen LogP contribution < -0.4 is 0 Å². The number of alkyl halides is 2. The van der Waals surface area contributed by atoms with Crippen molar-refractivity contribution in [2.24, 2.45) is 0 Å². The quantitative estimate of drug-likeness (QED) is 0.830. The Bertz CT molecular complexity index is 390. The predicted octanol–water partition coefficient (Wildman–Crippen LogP) is 2.44. The van der Waals surface area contributed by atoms with Crippen molar-refractivity contribution >= 4 is 11.6 Å². The van der Waals surface area contributed by atoms with Crippen molar-refractivity contribution < 1.29 is 13.9 Å². The average Bonchev–Trinajstić information content (AvgIpc) is 2.09. The zero-order chi connectivity index (χ0) is 10.7. The van der Waals surface area contributed by atoms with E-state index in [4.69, 9.17) is 22.0 Å². The highest BCUT2D eigenvalue weighted by Crippen LogP contribution is 2.30. The summed E-state index contributed by atoms with van der Waals surface area (Å²) in [4.78, 5) is 3.41. The fraction of sp³-hybridized carbons (Fsp3) is 0.250. The van der Waals surface area contributed by atoms with Crippen LogP contribution in [0, 0.1) is 11.3 Å². The number of aromatic hydroxyl groups is 1. The molecule has 1 heterocycles. The van der Waals surface area contributed by atoms with Gasteiger partial charge in [0.2, 0.25) is 0 Å². The summed E-state index contributed by atoms with van der Waals surface area (Å²) >= 11 is 5.57. The van der Waals surface area contributed by atoms with Gasteiger partial charge in [-0.15, -0.1) is 0 Å². The summed E-state index contributed by atoms with van der Waals surface area (Å²) in [7, 11) is 0. The summed E-state index contributed by atoms with van der Waals surface area (Å²) in [5, 5.41) is 17.4. The van der Waals surface area contributed by atoms with Gasteiger partial charge in [0.05, 0.1) is 23.2 Å². The molecule has 0 aliphatic rings. The van der Waals surface area contributed by atoms with Crippen LogP contribution in [0.4, 0.5) is 8.78 Å². The molecule has 0 fully saturated rings. The van der Waals surface area contributed by atoms with Crippen LogP contribution in [0.15, 0.2) is 6.07 Å². The molecule has 0 saturated heterocycles. The van der Waals surface area contributed by atoms with Crippen molar-refractivity contribution in [3.63, 3.8) is 0 Å². The van der Waals surface area contributed by atoms with Gasteiger partial charge in [0, 0.05) is 6.07 Å². The van der Waals surface area contributed by atoms with Crippen molar-refractivity contribution in [2.45, 2.75) is 12.8 Å². The van der Waals surface area contributed by atoms with E-state index in [1.807, 2.05) is 0 Å². The molecule has 0 amide bonds. The van der Waals surface area contributed by atoms with Gasteiger partial charge in [0.15, 0.2) is 0 Å². The summed E-state index contributed by atoms with van der Waals surface area (Å²) in [6.45, 7) is 0. The third kappa shape index (κ3) is 2.09. The Morgan fingerprint density at radius 2 is 2.29 bits per heavy atom. The van der Waals surface area contributed by atoms with Crippen molar-refractivity contribution in [3.05, 3.63) is 22.5 Å². The maximum absolute atomic E-state index is 12.2. The summed E-state index contributed by atoms with van der Waals surface area (Å²) in [6, 6.07) is 2.70. The Balaban J connectivity index is 3.21. The molecule has 0 bridgehead atoms. The lowest BCUT2D eigenvalue weighted by molar-refractivity contribution is 0.141. The first-order valence-corrected chi connectivity index (χ1v) is 3.97. The van der Waals surface area contributed by atoms with Gasteiger partial charge in [0.25, 0.3) is 6.43 Å².